The molecule has 0 saturated carbocycles. The van der Waals surface area contributed by atoms with Crippen LogP contribution in [0.3, 0.4) is 0 Å². The maximum Gasteiger partial charge on any atom is 0.123 e. The number of rotatable bonds is 3. The number of thioether (sulfide) groups is 1. The van der Waals surface area contributed by atoms with Gasteiger partial charge in [0.2, 0.25) is 0 Å². The van der Waals surface area contributed by atoms with E-state index >= 15 is 0 Å². The lowest BCUT2D eigenvalue weighted by atomic mass is 10.2. The van der Waals surface area contributed by atoms with Crippen molar-refractivity contribution in [2.45, 2.75) is 10.6 Å². The first-order valence-corrected chi connectivity index (χ1v) is 6.92. The highest BCUT2D eigenvalue weighted by Gasteiger charge is 2.06. The van der Waals surface area contributed by atoms with Gasteiger partial charge in [-0.05, 0) is 42.0 Å². The second-order valence-corrected chi connectivity index (χ2v) is 5.57. The summed E-state index contributed by atoms with van der Waals surface area (Å²) in [6.07, 6.45) is 0. The van der Waals surface area contributed by atoms with Gasteiger partial charge in [-0.15, -0.1) is 11.8 Å². The largest absolute Gasteiger partial charge is 0.398 e. The molecule has 0 amide bonds. The third-order valence-electron chi connectivity index (χ3n) is 2.38. The maximum atomic E-state index is 13.1. The van der Waals surface area contributed by atoms with Crippen LogP contribution in [0.5, 0.6) is 0 Å². The monoisotopic (exact) mass is 301 g/mol. The number of benzene rings is 2. The molecule has 0 atom stereocenters. The number of halogens is 3. The van der Waals surface area contributed by atoms with E-state index in [-0.39, 0.29) is 5.82 Å². The normalized spacial score (nSPS) is 10.6. The van der Waals surface area contributed by atoms with E-state index in [0.29, 0.717) is 21.5 Å². The van der Waals surface area contributed by atoms with E-state index in [2.05, 4.69) is 0 Å². The standard InChI is InChI=1S/C13H10Cl2FNS/c14-9-1-3-11(15)13(6-9)18-7-8-5-10(16)2-4-12(8)17/h1-6H,7,17H2. The lowest BCUT2D eigenvalue weighted by molar-refractivity contribution is 0.627. The molecule has 2 rings (SSSR count). The van der Waals surface area contributed by atoms with Gasteiger partial charge in [0.15, 0.2) is 0 Å². The highest BCUT2D eigenvalue weighted by Crippen LogP contribution is 2.33. The van der Waals surface area contributed by atoms with Gasteiger partial charge in [0, 0.05) is 21.4 Å². The molecule has 0 heterocycles. The van der Waals surface area contributed by atoms with Crippen LogP contribution in [-0.2, 0) is 5.75 Å². The van der Waals surface area contributed by atoms with Crippen molar-refractivity contribution in [1.29, 1.82) is 0 Å². The molecule has 18 heavy (non-hydrogen) atoms. The number of nitrogen functional groups attached to an aromatic ring is 1. The van der Waals surface area contributed by atoms with E-state index in [9.17, 15) is 4.39 Å². The number of nitrogens with two attached hydrogens (primary N) is 1. The Morgan fingerprint density at radius 2 is 1.89 bits per heavy atom. The Morgan fingerprint density at radius 1 is 1.11 bits per heavy atom. The first-order chi connectivity index (χ1) is 8.56. The van der Waals surface area contributed by atoms with Crippen LogP contribution in [0.25, 0.3) is 0 Å². The van der Waals surface area contributed by atoms with Crippen LogP contribution >= 0.6 is 35.0 Å². The molecule has 2 aromatic rings. The van der Waals surface area contributed by atoms with Crippen molar-refractivity contribution >= 4 is 40.7 Å². The van der Waals surface area contributed by atoms with Crippen molar-refractivity contribution in [3.05, 3.63) is 57.8 Å². The highest BCUT2D eigenvalue weighted by atomic mass is 35.5. The van der Waals surface area contributed by atoms with Gasteiger partial charge in [-0.2, -0.15) is 0 Å². The van der Waals surface area contributed by atoms with Gasteiger partial charge < -0.3 is 5.73 Å². The summed E-state index contributed by atoms with van der Waals surface area (Å²) in [6.45, 7) is 0. The molecule has 0 bridgehead atoms. The highest BCUT2D eigenvalue weighted by molar-refractivity contribution is 7.98. The molecule has 0 aliphatic rings. The average Bonchev–Trinajstić information content (AvgIpc) is 2.34. The lowest BCUT2D eigenvalue weighted by Crippen LogP contribution is -1.93. The fraction of sp³-hybridized carbons (Fsp3) is 0.0769. The summed E-state index contributed by atoms with van der Waals surface area (Å²) in [5, 5.41) is 1.24. The minimum atomic E-state index is -0.294. The molecule has 0 unspecified atom stereocenters. The Bertz CT molecular complexity index is 523. The van der Waals surface area contributed by atoms with Gasteiger partial charge in [0.25, 0.3) is 0 Å². The fourth-order valence-electron chi connectivity index (χ4n) is 1.44. The van der Waals surface area contributed by atoms with Crippen LogP contribution in [0.4, 0.5) is 10.1 Å². The van der Waals surface area contributed by atoms with E-state index < -0.39 is 0 Å². The average molecular weight is 302 g/mol. The molecule has 1 nitrogen and oxygen atoms in total. The molecular weight excluding hydrogens is 292 g/mol. The van der Waals surface area contributed by atoms with Crippen LogP contribution < -0.4 is 5.73 Å². The minimum Gasteiger partial charge on any atom is -0.398 e. The SMILES string of the molecule is Nc1ccc(F)cc1CSc1cc(Cl)ccc1Cl. The van der Waals surface area contributed by atoms with Crippen LogP contribution in [0.1, 0.15) is 5.56 Å². The molecule has 94 valence electrons. The summed E-state index contributed by atoms with van der Waals surface area (Å²) >= 11 is 13.4. The topological polar surface area (TPSA) is 26.0 Å². The quantitative estimate of drug-likeness (QED) is 0.637. The molecule has 0 radical (unpaired) electrons. The molecule has 0 aliphatic carbocycles. The number of hydrogen-bond acceptors (Lipinski definition) is 2. The second-order valence-electron chi connectivity index (χ2n) is 3.71. The molecule has 0 spiro atoms. The van der Waals surface area contributed by atoms with Crippen molar-refractivity contribution in [1.82, 2.24) is 0 Å². The van der Waals surface area contributed by atoms with Gasteiger partial charge >= 0.3 is 0 Å². The van der Waals surface area contributed by atoms with E-state index in [0.717, 1.165) is 10.5 Å². The molecule has 0 fully saturated rings. The van der Waals surface area contributed by atoms with Crippen molar-refractivity contribution in [3.63, 3.8) is 0 Å². The lowest BCUT2D eigenvalue weighted by Gasteiger charge is -2.07. The molecular formula is C13H10Cl2FNS. The third-order valence-corrected chi connectivity index (χ3v) is 4.16. The van der Waals surface area contributed by atoms with Crippen molar-refractivity contribution in [2.24, 2.45) is 0 Å². The van der Waals surface area contributed by atoms with Crippen molar-refractivity contribution in [3.8, 4) is 0 Å². The Balaban J connectivity index is 2.16. The fourth-order valence-corrected chi connectivity index (χ4v) is 2.94. The predicted molar refractivity (Wildman–Crippen MR) is 76.8 cm³/mol. The van der Waals surface area contributed by atoms with Gasteiger partial charge in [-0.1, -0.05) is 23.2 Å². The predicted octanol–water partition coefficient (Wildman–Crippen LogP) is 5.01. The van der Waals surface area contributed by atoms with Gasteiger partial charge in [0.1, 0.15) is 5.82 Å². The molecule has 2 aromatic carbocycles. The van der Waals surface area contributed by atoms with Crippen LogP contribution in [-0.4, -0.2) is 0 Å². The Labute approximate surface area is 119 Å². The minimum absolute atomic E-state index is 0.294. The van der Waals surface area contributed by atoms with E-state index in [1.165, 1.54) is 23.9 Å². The van der Waals surface area contributed by atoms with Gasteiger partial charge in [-0.3, -0.25) is 0 Å². The summed E-state index contributed by atoms with van der Waals surface area (Å²) < 4.78 is 13.1. The van der Waals surface area contributed by atoms with Crippen molar-refractivity contribution in [2.75, 3.05) is 5.73 Å². The second kappa shape index (κ2) is 5.83. The maximum absolute atomic E-state index is 13.1. The molecule has 5 heteroatoms. The molecule has 2 N–H and O–H groups in total. The van der Waals surface area contributed by atoms with Gasteiger partial charge in [-0.25, -0.2) is 4.39 Å². The zero-order valence-electron chi connectivity index (χ0n) is 9.29. The summed E-state index contributed by atoms with van der Waals surface area (Å²) in [5.74, 6) is 0.251. The summed E-state index contributed by atoms with van der Waals surface area (Å²) in [4.78, 5) is 0.854. The summed E-state index contributed by atoms with van der Waals surface area (Å²) in [6, 6.07) is 9.58. The number of hydrogen-bond donors (Lipinski definition) is 1. The zero-order valence-corrected chi connectivity index (χ0v) is 11.6. The third kappa shape index (κ3) is 3.31. The van der Waals surface area contributed by atoms with Crippen LogP contribution in [0.2, 0.25) is 10.0 Å². The first-order valence-electron chi connectivity index (χ1n) is 5.18. The van der Waals surface area contributed by atoms with E-state index in [4.69, 9.17) is 28.9 Å². The van der Waals surface area contributed by atoms with Crippen LogP contribution in [0, 0.1) is 5.82 Å². The van der Waals surface area contributed by atoms with E-state index in [1.807, 2.05) is 0 Å². The molecule has 0 saturated heterocycles. The first kappa shape index (κ1) is 13.5. The van der Waals surface area contributed by atoms with Gasteiger partial charge in [0.05, 0.1) is 5.02 Å². The van der Waals surface area contributed by atoms with Crippen LogP contribution in [0.15, 0.2) is 41.3 Å². The Kier molecular flexibility index (Phi) is 4.38. The zero-order chi connectivity index (χ0) is 13.1. The Morgan fingerprint density at radius 3 is 2.67 bits per heavy atom. The number of anilines is 1. The summed E-state index contributed by atoms with van der Waals surface area (Å²) in [5.41, 5.74) is 7.10. The molecule has 0 aromatic heterocycles. The smallest absolute Gasteiger partial charge is 0.123 e. The summed E-state index contributed by atoms with van der Waals surface area (Å²) in [7, 11) is 0. The Hall–Kier alpha value is -0.900. The molecule has 0 aliphatic heterocycles. The van der Waals surface area contributed by atoms with Crippen molar-refractivity contribution < 1.29 is 4.39 Å². The van der Waals surface area contributed by atoms with E-state index in [1.54, 1.807) is 24.3 Å².